The lowest BCUT2D eigenvalue weighted by Gasteiger charge is -2.41. The largest absolute Gasteiger partial charge is 0.497 e. The quantitative estimate of drug-likeness (QED) is 0.188. The first-order valence-corrected chi connectivity index (χ1v) is 14.4. The molecule has 39 heavy (non-hydrogen) atoms. The van der Waals surface area contributed by atoms with Gasteiger partial charge < -0.3 is 19.8 Å². The second-order valence-electron chi connectivity index (χ2n) is 10.2. The van der Waals surface area contributed by atoms with E-state index < -0.39 is 17.8 Å². The van der Waals surface area contributed by atoms with Crippen molar-refractivity contribution >= 4 is 34.3 Å². The van der Waals surface area contributed by atoms with Gasteiger partial charge in [-0.2, -0.15) is 13.2 Å². The number of likely N-dealkylation sites (tertiary alicyclic amines) is 1. The lowest BCUT2D eigenvalue weighted by Crippen LogP contribution is -2.42. The van der Waals surface area contributed by atoms with Crippen molar-refractivity contribution in [2.45, 2.75) is 49.3 Å². The van der Waals surface area contributed by atoms with E-state index in [2.05, 4.69) is 9.88 Å². The molecule has 1 aromatic heterocycles. The van der Waals surface area contributed by atoms with Crippen molar-refractivity contribution in [2.75, 3.05) is 39.1 Å². The summed E-state index contributed by atoms with van der Waals surface area (Å²) in [4.78, 5) is 7.57. The Labute approximate surface area is 236 Å². The Morgan fingerprint density at radius 2 is 1.87 bits per heavy atom. The molecule has 4 rings (SSSR count). The van der Waals surface area contributed by atoms with Crippen LogP contribution in [-0.4, -0.2) is 59.2 Å². The first-order valence-electron chi connectivity index (χ1n) is 13.1. The molecule has 1 aliphatic rings. The molecule has 2 N–H and O–H groups in total. The van der Waals surface area contributed by atoms with Crippen molar-refractivity contribution < 1.29 is 28.1 Å². The summed E-state index contributed by atoms with van der Waals surface area (Å²) in [5.74, 6) is 1.49. The molecule has 0 unspecified atom stereocenters. The number of rotatable bonds is 11. The van der Waals surface area contributed by atoms with E-state index in [4.69, 9.17) is 16.3 Å². The summed E-state index contributed by atoms with van der Waals surface area (Å²) in [6.07, 6.45) is 0.195. The summed E-state index contributed by atoms with van der Waals surface area (Å²) in [5.41, 5.74) is 0.490. The Morgan fingerprint density at radius 3 is 2.51 bits per heavy atom. The predicted octanol–water partition coefficient (Wildman–Crippen LogP) is 6.99. The normalized spacial score (nSPS) is 16.9. The van der Waals surface area contributed by atoms with Crippen LogP contribution in [0.4, 0.5) is 13.2 Å². The summed E-state index contributed by atoms with van der Waals surface area (Å²) >= 11 is 8.02. The zero-order valence-corrected chi connectivity index (χ0v) is 23.5. The molecule has 0 spiro atoms. The van der Waals surface area contributed by atoms with Gasteiger partial charge in [-0.3, -0.25) is 4.98 Å². The lowest BCUT2D eigenvalue weighted by atomic mass is 9.74. The zero-order chi connectivity index (χ0) is 28.0. The molecule has 10 heteroatoms. The minimum Gasteiger partial charge on any atom is -0.497 e. The second kappa shape index (κ2) is 13.1. The molecule has 0 bridgehead atoms. The van der Waals surface area contributed by atoms with Gasteiger partial charge in [0.2, 0.25) is 0 Å². The van der Waals surface area contributed by atoms with Crippen LogP contribution in [0, 0.1) is 5.41 Å². The zero-order valence-electron chi connectivity index (χ0n) is 21.9. The summed E-state index contributed by atoms with van der Waals surface area (Å²) in [7, 11) is 1.59. The van der Waals surface area contributed by atoms with Crippen LogP contribution in [0.3, 0.4) is 0 Å². The van der Waals surface area contributed by atoms with Crippen LogP contribution >= 0.6 is 23.4 Å². The highest BCUT2D eigenvalue weighted by Crippen LogP contribution is 2.40. The van der Waals surface area contributed by atoms with Crippen LogP contribution in [0.5, 0.6) is 5.75 Å². The van der Waals surface area contributed by atoms with Crippen LogP contribution < -0.4 is 4.74 Å². The molecule has 0 saturated carbocycles. The first-order chi connectivity index (χ1) is 18.6. The topological polar surface area (TPSA) is 65.8 Å². The number of aliphatic hydroxyl groups is 2. The van der Waals surface area contributed by atoms with Crippen molar-refractivity contribution in [3.05, 3.63) is 64.8 Å². The predicted molar refractivity (Wildman–Crippen MR) is 149 cm³/mol. The van der Waals surface area contributed by atoms with E-state index in [1.165, 1.54) is 12.1 Å². The number of halogens is 4. The fourth-order valence-corrected chi connectivity index (χ4v) is 6.29. The average Bonchev–Trinajstić information content (AvgIpc) is 2.94. The Hall–Kier alpha value is -2.04. The fraction of sp³-hybridized carbons (Fsp3) is 0.483. The summed E-state index contributed by atoms with van der Waals surface area (Å²) in [5, 5.41) is 22.6. The van der Waals surface area contributed by atoms with Gasteiger partial charge in [-0.05, 0) is 105 Å². The number of ether oxygens (including phenoxy) is 1. The highest BCUT2D eigenvalue weighted by molar-refractivity contribution is 7.99. The van der Waals surface area contributed by atoms with E-state index in [0.29, 0.717) is 29.2 Å². The molecular formula is C29H34ClF3N2O3S. The lowest BCUT2D eigenvalue weighted by molar-refractivity contribution is -0.137. The van der Waals surface area contributed by atoms with Gasteiger partial charge in [-0.25, -0.2) is 0 Å². The number of methoxy groups -OCH3 is 1. The van der Waals surface area contributed by atoms with E-state index in [1.807, 2.05) is 18.2 Å². The van der Waals surface area contributed by atoms with E-state index in [-0.39, 0.29) is 12.0 Å². The Balaban J connectivity index is 1.26. The molecule has 0 amide bonds. The number of piperidine rings is 1. The second-order valence-corrected chi connectivity index (χ2v) is 11.8. The van der Waals surface area contributed by atoms with Crippen molar-refractivity contribution in [1.82, 2.24) is 9.88 Å². The van der Waals surface area contributed by atoms with Gasteiger partial charge in [-0.15, -0.1) is 11.8 Å². The van der Waals surface area contributed by atoms with Gasteiger partial charge in [0, 0.05) is 28.6 Å². The standard InChI is InChI=1S/C29H34ClF3N2O3S/c1-38-21-5-8-25-23(17-21)27(24(30)18-34-25)26(37)9-10-28(19-36)11-14-35(15-12-28)13-2-16-39-22-6-3-20(4-7-22)29(31,32)33/h3-8,17-18,26,36-37H,2,9-16,19H2,1H3/t26-/m1/s1. The molecule has 2 aromatic carbocycles. The van der Waals surface area contributed by atoms with Crippen molar-refractivity contribution in [3.8, 4) is 5.75 Å². The van der Waals surface area contributed by atoms with Gasteiger partial charge in [0.15, 0.2) is 0 Å². The third-order valence-electron chi connectivity index (χ3n) is 7.67. The van der Waals surface area contributed by atoms with Gasteiger partial charge >= 0.3 is 6.18 Å². The number of fused-ring (bicyclic) bond motifs is 1. The number of hydrogen-bond donors (Lipinski definition) is 2. The maximum Gasteiger partial charge on any atom is 0.416 e. The molecule has 3 aromatic rings. The number of pyridine rings is 1. The molecule has 1 aliphatic heterocycles. The molecule has 1 fully saturated rings. The van der Waals surface area contributed by atoms with Crippen LogP contribution in [0.1, 0.15) is 49.3 Å². The van der Waals surface area contributed by atoms with E-state index in [9.17, 15) is 23.4 Å². The van der Waals surface area contributed by atoms with Gasteiger partial charge in [-0.1, -0.05) is 11.6 Å². The van der Waals surface area contributed by atoms with Gasteiger partial charge in [0.1, 0.15) is 5.75 Å². The molecule has 212 valence electrons. The number of aliphatic hydroxyl groups excluding tert-OH is 2. The maximum atomic E-state index is 12.7. The third kappa shape index (κ3) is 7.58. The van der Waals surface area contributed by atoms with Crippen molar-refractivity contribution in [2.24, 2.45) is 5.41 Å². The Bertz CT molecular complexity index is 1230. The highest BCUT2D eigenvalue weighted by Gasteiger charge is 2.35. The Morgan fingerprint density at radius 1 is 1.15 bits per heavy atom. The molecule has 2 heterocycles. The number of nitrogens with zero attached hydrogens (tertiary/aromatic N) is 2. The number of alkyl halides is 3. The summed E-state index contributed by atoms with van der Waals surface area (Å²) in [6, 6.07) is 10.8. The molecular weight excluding hydrogens is 549 g/mol. The van der Waals surface area contributed by atoms with Crippen molar-refractivity contribution in [1.29, 1.82) is 0 Å². The van der Waals surface area contributed by atoms with Gasteiger partial charge in [0.25, 0.3) is 0 Å². The van der Waals surface area contributed by atoms with Crippen molar-refractivity contribution in [3.63, 3.8) is 0 Å². The minimum atomic E-state index is -4.31. The molecule has 0 aliphatic carbocycles. The summed E-state index contributed by atoms with van der Waals surface area (Å²) in [6.45, 7) is 2.68. The fourth-order valence-electron chi connectivity index (χ4n) is 5.18. The summed E-state index contributed by atoms with van der Waals surface area (Å²) < 4.78 is 43.5. The molecule has 1 atom stereocenters. The minimum absolute atomic E-state index is 0.0655. The van der Waals surface area contributed by atoms with Crippen LogP contribution in [0.25, 0.3) is 10.9 Å². The van der Waals surface area contributed by atoms with Crippen LogP contribution in [0.15, 0.2) is 53.6 Å². The van der Waals surface area contributed by atoms with E-state index in [1.54, 1.807) is 25.1 Å². The maximum absolute atomic E-state index is 12.7. The molecule has 1 saturated heterocycles. The number of benzene rings is 2. The smallest absolute Gasteiger partial charge is 0.416 e. The van der Waals surface area contributed by atoms with Gasteiger partial charge in [0.05, 0.1) is 29.3 Å². The van der Waals surface area contributed by atoms with E-state index >= 15 is 0 Å². The molecule has 5 nitrogen and oxygen atoms in total. The van der Waals surface area contributed by atoms with Crippen LogP contribution in [-0.2, 0) is 6.18 Å². The average molecular weight is 583 g/mol. The number of thioether (sulfide) groups is 1. The third-order valence-corrected chi connectivity index (χ3v) is 9.07. The number of aromatic nitrogens is 1. The molecule has 0 radical (unpaired) electrons. The Kier molecular flexibility index (Phi) is 10.0. The highest BCUT2D eigenvalue weighted by atomic mass is 35.5. The SMILES string of the molecule is COc1ccc2ncc(Cl)c([C@H](O)CCC3(CO)CCN(CCCSc4ccc(C(F)(F)F)cc4)CC3)c2c1. The number of hydrogen-bond acceptors (Lipinski definition) is 6. The van der Waals surface area contributed by atoms with E-state index in [0.717, 1.165) is 72.6 Å². The monoisotopic (exact) mass is 582 g/mol. The van der Waals surface area contributed by atoms with Crippen LogP contribution in [0.2, 0.25) is 5.02 Å². The first kappa shape index (κ1) is 29.9.